The molecule has 4 aromatic carbocycles. The lowest BCUT2D eigenvalue weighted by Crippen LogP contribution is -2.17. The van der Waals surface area contributed by atoms with Gasteiger partial charge in [0.15, 0.2) is 17.2 Å². The van der Waals surface area contributed by atoms with Gasteiger partial charge in [0.05, 0.1) is 0 Å². The normalized spacial score (nSPS) is 16.2. The van der Waals surface area contributed by atoms with Gasteiger partial charge in [-0.05, 0) is 88.4 Å². The van der Waals surface area contributed by atoms with Crippen LogP contribution in [0.25, 0.3) is 5.57 Å². The van der Waals surface area contributed by atoms with Gasteiger partial charge in [-0.2, -0.15) is 0 Å². The minimum atomic E-state index is -0.720. The van der Waals surface area contributed by atoms with Crippen molar-refractivity contribution in [3.8, 4) is 23.0 Å². The number of phenolic OH excluding ortho intramolecular Hbond substituents is 4. The van der Waals surface area contributed by atoms with Crippen molar-refractivity contribution in [2.24, 2.45) is 0 Å². The van der Waals surface area contributed by atoms with E-state index in [-0.39, 0.29) is 21.9 Å². The Morgan fingerprint density at radius 1 is 0.755 bits per heavy atom. The number of phenols is 4. The fourth-order valence-corrected chi connectivity index (χ4v) is 6.62. The maximum atomic E-state index is 9.14. The number of aromatic hydroxyl groups is 4. The molecule has 2 aliphatic carbocycles. The largest absolute Gasteiger partial charge is 0.508 e. The molecule has 0 aliphatic heterocycles. The molecule has 0 spiro atoms. The highest BCUT2D eigenvalue weighted by molar-refractivity contribution is 6.36. The Balaban J connectivity index is 0.000000178. The van der Waals surface area contributed by atoms with Gasteiger partial charge in [-0.1, -0.05) is 144 Å². The average Bonchev–Trinajstić information content (AvgIpc) is 3.20. The van der Waals surface area contributed by atoms with Crippen LogP contribution in [0.2, 0.25) is 0 Å². The first kappa shape index (κ1) is 37.2. The zero-order valence-electron chi connectivity index (χ0n) is 30.3. The van der Waals surface area contributed by atoms with Crippen molar-refractivity contribution in [2.75, 3.05) is 0 Å². The van der Waals surface area contributed by atoms with Crippen LogP contribution in [0.4, 0.5) is 0 Å². The van der Waals surface area contributed by atoms with Gasteiger partial charge in [-0.3, -0.25) is 0 Å². The van der Waals surface area contributed by atoms with Crippen molar-refractivity contribution in [3.05, 3.63) is 142 Å². The molecular weight excluding hydrogens is 603 g/mol. The van der Waals surface area contributed by atoms with Gasteiger partial charge >= 0.3 is 0 Å². The van der Waals surface area contributed by atoms with E-state index in [0.717, 1.165) is 12.8 Å². The third kappa shape index (κ3) is 8.51. The zero-order valence-corrected chi connectivity index (χ0v) is 30.3. The highest BCUT2D eigenvalue weighted by atomic mass is 16.3. The summed E-state index contributed by atoms with van der Waals surface area (Å²) in [6, 6.07) is 26.7. The first-order valence-corrected chi connectivity index (χ1v) is 17.1. The van der Waals surface area contributed by atoms with Gasteiger partial charge in [-0.15, -0.1) is 0 Å². The highest BCUT2D eigenvalue weighted by Crippen LogP contribution is 2.50. The number of aryl methyl sites for hydroxylation is 1. The number of fused-ring (bicyclic) bond motifs is 1. The molecule has 4 nitrogen and oxygen atoms in total. The molecule has 254 valence electrons. The summed E-state index contributed by atoms with van der Waals surface area (Å²) in [6.07, 6.45) is 12.2. The quantitative estimate of drug-likeness (QED) is 0.101. The van der Waals surface area contributed by atoms with Crippen LogP contribution in [0.5, 0.6) is 23.0 Å². The van der Waals surface area contributed by atoms with E-state index in [1.807, 2.05) is 6.07 Å². The van der Waals surface area contributed by atoms with E-state index in [1.54, 1.807) is 11.1 Å². The fourth-order valence-electron chi connectivity index (χ4n) is 6.62. The van der Waals surface area contributed by atoms with Crippen LogP contribution in [0.3, 0.4) is 0 Å². The van der Waals surface area contributed by atoms with Crippen molar-refractivity contribution in [1.82, 2.24) is 0 Å². The summed E-state index contributed by atoms with van der Waals surface area (Å²) in [4.78, 5) is 0. The summed E-state index contributed by atoms with van der Waals surface area (Å²) >= 11 is 0. The second-order valence-electron chi connectivity index (χ2n) is 14.7. The van der Waals surface area contributed by atoms with Crippen LogP contribution in [-0.4, -0.2) is 28.3 Å². The second-order valence-corrected chi connectivity index (χ2v) is 14.7. The van der Waals surface area contributed by atoms with E-state index < -0.39 is 23.0 Å². The maximum Gasteiger partial charge on any atom is 0.200 e. The second kappa shape index (κ2) is 15.3. The third-order valence-electron chi connectivity index (χ3n) is 9.57. The predicted octanol–water partition coefficient (Wildman–Crippen LogP) is 9.95. The van der Waals surface area contributed by atoms with Crippen LogP contribution >= 0.6 is 0 Å². The highest BCUT2D eigenvalue weighted by Gasteiger charge is 2.39. The smallest absolute Gasteiger partial charge is 0.200 e. The summed E-state index contributed by atoms with van der Waals surface area (Å²) in [6.45, 7) is 17.5. The molecule has 4 N–H and O–H groups in total. The molecule has 4 aromatic rings. The zero-order chi connectivity index (χ0) is 36.1. The topological polar surface area (TPSA) is 80.9 Å². The van der Waals surface area contributed by atoms with Crippen LogP contribution in [-0.2, 0) is 17.3 Å². The molecule has 0 amide bonds. The van der Waals surface area contributed by atoms with E-state index in [4.69, 9.17) is 28.3 Å². The molecule has 2 radical (unpaired) electrons. The predicted molar refractivity (Wildman–Crippen MR) is 206 cm³/mol. The summed E-state index contributed by atoms with van der Waals surface area (Å²) in [7, 11) is 5.18. The molecule has 5 heteroatoms. The minimum absolute atomic E-state index is 0.0304. The van der Waals surface area contributed by atoms with Crippen LogP contribution in [0.15, 0.2) is 103 Å². The molecule has 1 atom stereocenters. The van der Waals surface area contributed by atoms with Crippen molar-refractivity contribution in [2.45, 2.75) is 91.4 Å². The summed E-state index contributed by atoms with van der Waals surface area (Å²) in [5.41, 5.74) is 11.7. The van der Waals surface area contributed by atoms with Gasteiger partial charge in [0.1, 0.15) is 13.6 Å². The van der Waals surface area contributed by atoms with Gasteiger partial charge in [0.25, 0.3) is 0 Å². The molecule has 2 aliphatic rings. The van der Waals surface area contributed by atoms with Crippen molar-refractivity contribution in [3.63, 3.8) is 0 Å². The Bertz CT molecular complexity index is 1770. The maximum absolute atomic E-state index is 9.14. The Kier molecular flexibility index (Phi) is 11.6. The van der Waals surface area contributed by atoms with Gasteiger partial charge in [0.2, 0.25) is 0 Å². The van der Waals surface area contributed by atoms with Gasteiger partial charge in [-0.25, -0.2) is 0 Å². The Morgan fingerprint density at radius 3 is 2.06 bits per heavy atom. The summed E-state index contributed by atoms with van der Waals surface area (Å²) in [5, 5.41) is 36.2. The lowest BCUT2D eigenvalue weighted by molar-refractivity contribution is 0.361. The first-order chi connectivity index (χ1) is 23.1. The van der Waals surface area contributed by atoms with Crippen LogP contribution < -0.4 is 5.46 Å². The van der Waals surface area contributed by atoms with E-state index in [9.17, 15) is 0 Å². The minimum Gasteiger partial charge on any atom is -0.508 e. The van der Waals surface area contributed by atoms with E-state index in [1.165, 1.54) is 46.7 Å². The number of allylic oxidation sites excluding steroid dienone is 6. The molecule has 0 saturated carbocycles. The molecule has 1 unspecified atom stereocenters. The molecule has 0 aromatic heterocycles. The lowest BCUT2D eigenvalue weighted by Gasteiger charge is -2.27. The molecule has 49 heavy (non-hydrogen) atoms. The number of benzene rings is 4. The SMILES string of the molecule is CC1=CCC=C(c2ccccc2)C=C1.CCc1ccc2c(c1)C(C)(C)CC2c1ccccc1C(C)(C)C.[B]c1c(O)c(C)c(O)c(O)c1O. The van der Waals surface area contributed by atoms with Crippen LogP contribution in [0.1, 0.15) is 106 Å². The Hall–Kier alpha value is -4.64. The van der Waals surface area contributed by atoms with E-state index in [0.29, 0.717) is 5.92 Å². The number of hydrogen-bond donors (Lipinski definition) is 4. The van der Waals surface area contributed by atoms with E-state index >= 15 is 0 Å². The number of hydrogen-bond acceptors (Lipinski definition) is 4. The molecule has 0 heterocycles. The number of rotatable bonds is 3. The monoisotopic (exact) mass is 654 g/mol. The Morgan fingerprint density at radius 2 is 1.41 bits per heavy atom. The van der Waals surface area contributed by atoms with Crippen molar-refractivity contribution >= 4 is 18.9 Å². The van der Waals surface area contributed by atoms with Crippen LogP contribution in [0, 0.1) is 6.92 Å². The molecule has 0 bridgehead atoms. The third-order valence-corrected chi connectivity index (χ3v) is 9.57. The van der Waals surface area contributed by atoms with Crippen molar-refractivity contribution < 1.29 is 20.4 Å². The van der Waals surface area contributed by atoms with E-state index in [2.05, 4.69) is 140 Å². The summed E-state index contributed by atoms with van der Waals surface area (Å²) < 4.78 is 0. The molecule has 0 saturated heterocycles. The molecular formula is C44H51BO4. The first-order valence-electron chi connectivity index (χ1n) is 17.1. The van der Waals surface area contributed by atoms with Crippen molar-refractivity contribution in [1.29, 1.82) is 0 Å². The standard InChI is InChI=1S/C23H30.C14H14.C7H7BO4/c1-7-16-12-13-18-19(15-23(5,6)21(18)14-16)17-10-8-9-11-20(17)22(2,3)4;1-12-6-5-9-14(11-10-12)13-7-3-2-4-8-13;1-2-4(9)3(8)6(11)7(12)5(2)10/h8-14,19H,7,15H2,1-6H3;2-4,6-11H,5H2,1H3;9-12H,1H3. The van der Waals surface area contributed by atoms with Gasteiger partial charge < -0.3 is 20.4 Å². The fraction of sp³-hybridized carbons (Fsp3) is 0.318. The lowest BCUT2D eigenvalue weighted by atomic mass is 9.77. The summed E-state index contributed by atoms with van der Waals surface area (Å²) in [5.74, 6) is -1.90. The molecule has 6 rings (SSSR count). The van der Waals surface area contributed by atoms with Gasteiger partial charge in [0, 0.05) is 11.5 Å². The Labute approximate surface area is 294 Å². The average molecular weight is 655 g/mol. The molecule has 0 fully saturated rings.